The largest absolute Gasteiger partial charge is 0.416 e. The van der Waals surface area contributed by atoms with Crippen molar-refractivity contribution in [3.63, 3.8) is 0 Å². The third-order valence-electron chi connectivity index (χ3n) is 4.12. The molecule has 3 heterocycles. The molecule has 0 unspecified atom stereocenters. The minimum Gasteiger partial charge on any atom is -0.334 e. The van der Waals surface area contributed by atoms with Crippen molar-refractivity contribution >= 4 is 23.1 Å². The summed E-state index contributed by atoms with van der Waals surface area (Å²) in [6.45, 7) is 0.343. The first-order chi connectivity index (χ1) is 12.9. The molecule has 0 radical (unpaired) electrons. The summed E-state index contributed by atoms with van der Waals surface area (Å²) in [7, 11) is 0. The highest BCUT2D eigenvalue weighted by Crippen LogP contribution is 2.31. The van der Waals surface area contributed by atoms with Gasteiger partial charge in [0.15, 0.2) is 4.80 Å². The van der Waals surface area contributed by atoms with Crippen LogP contribution in [-0.4, -0.2) is 16.2 Å². The number of pyridine rings is 1. The molecule has 0 saturated carbocycles. The number of fused-ring (bicyclic) bond motifs is 1. The van der Waals surface area contributed by atoms with Gasteiger partial charge in [0.2, 0.25) is 0 Å². The van der Waals surface area contributed by atoms with E-state index in [1.54, 1.807) is 41.6 Å². The van der Waals surface area contributed by atoms with E-state index in [-0.39, 0.29) is 18.9 Å². The van der Waals surface area contributed by atoms with Crippen molar-refractivity contribution in [1.82, 2.24) is 9.55 Å². The van der Waals surface area contributed by atoms with Gasteiger partial charge in [0.1, 0.15) is 13.3 Å². The first kappa shape index (κ1) is 17.5. The van der Waals surface area contributed by atoms with Crippen molar-refractivity contribution in [2.75, 3.05) is 11.6 Å². The van der Waals surface area contributed by atoms with Gasteiger partial charge in [-0.2, -0.15) is 13.2 Å². The van der Waals surface area contributed by atoms with Crippen molar-refractivity contribution in [3.05, 3.63) is 79.6 Å². The summed E-state index contributed by atoms with van der Waals surface area (Å²) in [5.41, 5.74) is 0.274. The Morgan fingerprint density at radius 3 is 2.67 bits per heavy atom. The molecule has 0 atom stereocenters. The smallest absolute Gasteiger partial charge is 0.334 e. The zero-order chi connectivity index (χ0) is 19.0. The minimum absolute atomic E-state index is 0.152. The molecule has 0 fully saturated rings. The van der Waals surface area contributed by atoms with E-state index in [1.807, 2.05) is 0 Å². The van der Waals surface area contributed by atoms with E-state index in [0.717, 1.165) is 17.7 Å². The highest BCUT2D eigenvalue weighted by molar-refractivity contribution is 7.07. The molecule has 1 aliphatic rings. The summed E-state index contributed by atoms with van der Waals surface area (Å²) in [4.78, 5) is 23.2. The molecular weight excluding hydrogens is 377 g/mol. The Labute approximate surface area is 155 Å². The fraction of sp³-hybridized carbons (Fsp3) is 0.167. The van der Waals surface area contributed by atoms with Crippen LogP contribution >= 0.6 is 11.3 Å². The summed E-state index contributed by atoms with van der Waals surface area (Å²) in [6, 6.07) is 8.60. The van der Waals surface area contributed by atoms with Crippen molar-refractivity contribution in [1.29, 1.82) is 0 Å². The molecular formula is C18H13F3N4OS. The Bertz CT molecular complexity index is 1150. The molecule has 0 aliphatic carbocycles. The molecule has 4 rings (SSSR count). The van der Waals surface area contributed by atoms with Gasteiger partial charge in [0.05, 0.1) is 10.1 Å². The van der Waals surface area contributed by atoms with Crippen LogP contribution in [0.25, 0.3) is 6.08 Å². The van der Waals surface area contributed by atoms with Gasteiger partial charge < -0.3 is 4.90 Å². The predicted octanol–water partition coefficient (Wildman–Crippen LogP) is 2.21. The van der Waals surface area contributed by atoms with Crippen LogP contribution in [0.3, 0.4) is 0 Å². The van der Waals surface area contributed by atoms with Crippen LogP contribution in [0.5, 0.6) is 0 Å². The predicted molar refractivity (Wildman–Crippen MR) is 96.0 cm³/mol. The van der Waals surface area contributed by atoms with Crippen molar-refractivity contribution in [3.8, 4) is 0 Å². The fourth-order valence-corrected chi connectivity index (χ4v) is 3.73. The molecule has 1 aromatic carbocycles. The Morgan fingerprint density at radius 1 is 1.15 bits per heavy atom. The third-order valence-corrected chi connectivity index (χ3v) is 5.16. The van der Waals surface area contributed by atoms with Gasteiger partial charge in [-0.3, -0.25) is 14.3 Å². The fourth-order valence-electron chi connectivity index (χ4n) is 2.77. The zero-order valence-corrected chi connectivity index (χ0v) is 14.7. The number of hydrogen-bond donors (Lipinski definition) is 0. The second kappa shape index (κ2) is 6.66. The van der Waals surface area contributed by atoms with Gasteiger partial charge >= 0.3 is 6.18 Å². The van der Waals surface area contributed by atoms with Crippen molar-refractivity contribution < 1.29 is 13.2 Å². The number of anilines is 1. The molecule has 5 nitrogen and oxygen atoms in total. The lowest BCUT2D eigenvalue weighted by molar-refractivity contribution is -0.137. The SMILES string of the molecule is O=c1/c(=C\c2ccncc2)sc2n1CN(c1cccc(C(F)(F)F)c1)CN=2. The van der Waals surface area contributed by atoms with Gasteiger partial charge in [-0.1, -0.05) is 17.4 Å². The molecule has 0 spiro atoms. The third kappa shape index (κ3) is 3.50. The lowest BCUT2D eigenvalue weighted by atomic mass is 10.2. The van der Waals surface area contributed by atoms with Crippen LogP contribution in [0.15, 0.2) is 58.6 Å². The van der Waals surface area contributed by atoms with E-state index in [9.17, 15) is 18.0 Å². The van der Waals surface area contributed by atoms with Gasteiger partial charge in [-0.05, 0) is 42.0 Å². The van der Waals surface area contributed by atoms with E-state index in [4.69, 9.17) is 0 Å². The maximum Gasteiger partial charge on any atom is 0.416 e. The van der Waals surface area contributed by atoms with Crippen LogP contribution < -0.4 is 19.8 Å². The number of thiazole rings is 1. The summed E-state index contributed by atoms with van der Waals surface area (Å²) < 4.78 is 40.8. The van der Waals surface area contributed by atoms with Crippen LogP contribution in [0.4, 0.5) is 18.9 Å². The minimum atomic E-state index is -4.42. The number of benzene rings is 1. The van der Waals surface area contributed by atoms with Gasteiger partial charge in [-0.15, -0.1) is 0 Å². The highest BCUT2D eigenvalue weighted by atomic mass is 32.1. The highest BCUT2D eigenvalue weighted by Gasteiger charge is 2.31. The number of hydrogen-bond acceptors (Lipinski definition) is 5. The first-order valence-corrected chi connectivity index (χ1v) is 8.81. The van der Waals surface area contributed by atoms with E-state index in [2.05, 4.69) is 9.98 Å². The van der Waals surface area contributed by atoms with Crippen LogP contribution in [0.2, 0.25) is 0 Å². The number of nitrogens with zero attached hydrogens (tertiary/aromatic N) is 4. The monoisotopic (exact) mass is 390 g/mol. The molecule has 1 aliphatic heterocycles. The molecule has 2 aromatic heterocycles. The summed E-state index contributed by atoms with van der Waals surface area (Å²) in [5, 5.41) is 0. The zero-order valence-electron chi connectivity index (χ0n) is 13.8. The van der Waals surface area contributed by atoms with E-state index >= 15 is 0 Å². The molecule has 0 saturated heterocycles. The Balaban J connectivity index is 1.69. The molecule has 138 valence electrons. The average molecular weight is 390 g/mol. The number of rotatable bonds is 2. The normalized spacial score (nSPS) is 14.8. The molecule has 3 aromatic rings. The quantitative estimate of drug-likeness (QED) is 0.674. The lowest BCUT2D eigenvalue weighted by Gasteiger charge is -2.26. The summed E-state index contributed by atoms with van der Waals surface area (Å²) in [6.07, 6.45) is 0.609. The van der Waals surface area contributed by atoms with E-state index in [1.165, 1.54) is 22.0 Å². The Kier molecular flexibility index (Phi) is 4.31. The Morgan fingerprint density at radius 2 is 1.93 bits per heavy atom. The van der Waals surface area contributed by atoms with Gasteiger partial charge in [-0.25, -0.2) is 4.99 Å². The molecule has 0 amide bonds. The number of aromatic nitrogens is 2. The molecule has 0 N–H and O–H groups in total. The summed E-state index contributed by atoms with van der Waals surface area (Å²) in [5.74, 6) is 0. The standard InChI is InChI=1S/C18H13F3N4OS/c19-18(20,21)13-2-1-3-14(9-13)24-10-23-17-25(11-24)16(26)15(27-17)8-12-4-6-22-7-5-12/h1-9H,10-11H2/b15-8+. The maximum absolute atomic E-state index is 12.9. The van der Waals surface area contributed by atoms with Gasteiger partial charge in [0.25, 0.3) is 5.56 Å². The maximum atomic E-state index is 12.9. The molecule has 9 heteroatoms. The molecule has 27 heavy (non-hydrogen) atoms. The first-order valence-electron chi connectivity index (χ1n) is 8.00. The van der Waals surface area contributed by atoms with Crippen LogP contribution in [-0.2, 0) is 12.8 Å². The molecule has 0 bridgehead atoms. The second-order valence-corrected chi connectivity index (χ2v) is 6.94. The summed E-state index contributed by atoms with van der Waals surface area (Å²) >= 11 is 1.26. The van der Waals surface area contributed by atoms with E-state index < -0.39 is 11.7 Å². The van der Waals surface area contributed by atoms with Crippen molar-refractivity contribution in [2.45, 2.75) is 12.8 Å². The van der Waals surface area contributed by atoms with Crippen LogP contribution in [0, 0.1) is 0 Å². The topological polar surface area (TPSA) is 50.5 Å². The van der Waals surface area contributed by atoms with Gasteiger partial charge in [0, 0.05) is 18.1 Å². The number of alkyl halides is 3. The van der Waals surface area contributed by atoms with Crippen molar-refractivity contribution in [2.24, 2.45) is 4.99 Å². The number of halogens is 3. The van der Waals surface area contributed by atoms with E-state index in [0.29, 0.717) is 15.0 Å². The van der Waals surface area contributed by atoms with Crippen LogP contribution in [0.1, 0.15) is 11.1 Å². The Hall–Kier alpha value is -2.94. The lowest BCUT2D eigenvalue weighted by Crippen LogP contribution is -2.42. The second-order valence-electron chi connectivity index (χ2n) is 5.94. The average Bonchev–Trinajstić information content (AvgIpc) is 2.97.